The number of halogens is 1. The highest BCUT2D eigenvalue weighted by atomic mass is 19.1. The normalized spacial score (nSPS) is 20.6. The van der Waals surface area contributed by atoms with E-state index in [1.54, 1.807) is 18.4 Å². The molecule has 1 aliphatic heterocycles. The number of ether oxygens (including phenoxy) is 1. The molecule has 3 aromatic carbocycles. The number of rotatable bonds is 2. The van der Waals surface area contributed by atoms with Crippen LogP contribution in [0.5, 0.6) is 5.75 Å². The number of fused-ring (bicyclic) bond motifs is 9. The lowest BCUT2D eigenvalue weighted by Crippen LogP contribution is -2.32. The minimum Gasteiger partial charge on any atom is -0.464 e. The van der Waals surface area contributed by atoms with E-state index < -0.39 is 5.41 Å². The molecule has 178 valence electrons. The van der Waals surface area contributed by atoms with Crippen LogP contribution in [0.2, 0.25) is 0 Å². The lowest BCUT2D eigenvalue weighted by molar-refractivity contribution is 0.467. The second kappa shape index (κ2) is 7.57. The molecule has 1 aromatic heterocycles. The van der Waals surface area contributed by atoms with Gasteiger partial charge in [0.15, 0.2) is 0 Å². The van der Waals surface area contributed by atoms with E-state index in [4.69, 9.17) is 9.15 Å². The van der Waals surface area contributed by atoms with Crippen LogP contribution >= 0.6 is 0 Å². The summed E-state index contributed by atoms with van der Waals surface area (Å²) in [4.78, 5) is 0. The van der Waals surface area contributed by atoms with E-state index in [9.17, 15) is 0 Å². The van der Waals surface area contributed by atoms with Gasteiger partial charge < -0.3 is 9.15 Å². The zero-order chi connectivity index (χ0) is 24.6. The molecule has 0 saturated carbocycles. The number of hydrogen-bond acceptors (Lipinski definition) is 2. The molecular weight excluding hydrogens is 459 g/mol. The van der Waals surface area contributed by atoms with E-state index in [1.807, 2.05) is 42.5 Å². The van der Waals surface area contributed by atoms with Gasteiger partial charge in [-0.05, 0) is 59.1 Å². The Balaban J connectivity index is 1.49. The predicted octanol–water partition coefficient (Wildman–Crippen LogP) is 6.41. The average molecular weight is 483 g/mol. The van der Waals surface area contributed by atoms with E-state index >= 15 is 4.39 Å². The maximum atomic E-state index is 15.5. The number of furan rings is 1. The molecule has 2 heterocycles. The van der Waals surface area contributed by atoms with Crippen molar-refractivity contribution in [2.24, 2.45) is 0 Å². The number of hydrogen-bond donors (Lipinski definition) is 0. The summed E-state index contributed by atoms with van der Waals surface area (Å²) in [5, 5.41) is 3.38. The molecule has 37 heavy (non-hydrogen) atoms. The quantitative estimate of drug-likeness (QED) is 0.330. The Bertz CT molecular complexity index is 1880. The van der Waals surface area contributed by atoms with Crippen molar-refractivity contribution in [3.8, 4) is 5.75 Å². The summed E-state index contributed by atoms with van der Waals surface area (Å²) in [6.45, 7) is 0. The summed E-state index contributed by atoms with van der Waals surface area (Å²) >= 11 is 0. The third kappa shape index (κ3) is 2.80. The standard InChI is InChI=1S/C34H23FO2/c35-28-15-7-6-14-27(28)34(22-10-2-1-3-11-22)17-16-29-26(20-34)31-30-23-12-5-4-9-21(23)19-25(30)32-24(33(31)37-29)13-8-18-36-32/h1-11,13-18H,12,19-20H2. The van der Waals surface area contributed by atoms with Gasteiger partial charge in [-0.15, -0.1) is 0 Å². The van der Waals surface area contributed by atoms with Gasteiger partial charge in [0, 0.05) is 33.9 Å². The minimum atomic E-state index is -0.645. The molecule has 0 saturated heterocycles. The topological polar surface area (TPSA) is 22.4 Å². The first-order valence-corrected chi connectivity index (χ1v) is 12.8. The first kappa shape index (κ1) is 20.8. The Labute approximate surface area is 213 Å². The van der Waals surface area contributed by atoms with Crippen molar-refractivity contribution >= 4 is 28.7 Å². The summed E-state index contributed by atoms with van der Waals surface area (Å²) in [5.41, 5.74) is 7.00. The zero-order valence-corrected chi connectivity index (χ0v) is 20.1. The molecule has 0 amide bonds. The van der Waals surface area contributed by atoms with Gasteiger partial charge in [-0.2, -0.15) is 0 Å². The fourth-order valence-corrected chi connectivity index (χ4v) is 6.68. The number of allylic oxidation sites excluding steroid dienone is 6. The Kier molecular flexibility index (Phi) is 4.25. The third-order valence-corrected chi connectivity index (χ3v) is 8.31. The van der Waals surface area contributed by atoms with Gasteiger partial charge in [0.2, 0.25) is 0 Å². The van der Waals surface area contributed by atoms with Crippen LogP contribution < -0.4 is 15.2 Å². The van der Waals surface area contributed by atoms with Crippen molar-refractivity contribution in [3.05, 3.63) is 141 Å². The highest BCUT2D eigenvalue weighted by molar-refractivity contribution is 5.95. The summed E-state index contributed by atoms with van der Waals surface area (Å²) in [6.07, 6.45) is 18.9. The maximum Gasteiger partial charge on any atom is 0.146 e. The van der Waals surface area contributed by atoms with Crippen LogP contribution in [-0.2, 0) is 18.3 Å². The van der Waals surface area contributed by atoms with Crippen molar-refractivity contribution in [3.63, 3.8) is 0 Å². The molecule has 0 bridgehead atoms. The molecule has 0 spiro atoms. The molecule has 8 rings (SSSR count). The Morgan fingerprint density at radius 3 is 2.65 bits per heavy atom. The van der Waals surface area contributed by atoms with Crippen molar-refractivity contribution in [2.75, 3.05) is 0 Å². The smallest absolute Gasteiger partial charge is 0.146 e. The molecule has 1 unspecified atom stereocenters. The summed E-state index contributed by atoms with van der Waals surface area (Å²) in [6, 6.07) is 17.4. The third-order valence-electron chi connectivity index (χ3n) is 8.31. The second-order valence-corrected chi connectivity index (χ2v) is 10.2. The Morgan fingerprint density at radius 2 is 1.76 bits per heavy atom. The van der Waals surface area contributed by atoms with Gasteiger partial charge >= 0.3 is 0 Å². The molecule has 0 radical (unpaired) electrons. The largest absolute Gasteiger partial charge is 0.464 e. The predicted molar refractivity (Wildman–Crippen MR) is 145 cm³/mol. The van der Waals surface area contributed by atoms with Crippen molar-refractivity contribution < 1.29 is 13.5 Å². The van der Waals surface area contributed by atoms with E-state index in [2.05, 4.69) is 42.5 Å². The molecule has 3 aliphatic carbocycles. The fourth-order valence-electron chi connectivity index (χ4n) is 6.68. The molecule has 3 heteroatoms. The van der Waals surface area contributed by atoms with Crippen LogP contribution in [0.15, 0.2) is 101 Å². The molecule has 2 nitrogen and oxygen atoms in total. The number of benzene rings is 3. The van der Waals surface area contributed by atoms with Gasteiger partial charge in [0.1, 0.15) is 22.9 Å². The van der Waals surface area contributed by atoms with Crippen molar-refractivity contribution in [2.45, 2.75) is 24.7 Å². The van der Waals surface area contributed by atoms with Crippen molar-refractivity contribution in [1.82, 2.24) is 0 Å². The maximum absolute atomic E-state index is 15.5. The zero-order valence-electron chi connectivity index (χ0n) is 20.1. The van der Waals surface area contributed by atoms with Crippen LogP contribution in [0.4, 0.5) is 4.39 Å². The Hall–Kier alpha value is -4.37. The van der Waals surface area contributed by atoms with Gasteiger partial charge in [-0.25, -0.2) is 4.39 Å². The summed E-state index contributed by atoms with van der Waals surface area (Å²) < 4.78 is 28.2. The van der Waals surface area contributed by atoms with Crippen LogP contribution in [-0.4, -0.2) is 0 Å². The minimum absolute atomic E-state index is 0.196. The lowest BCUT2D eigenvalue weighted by atomic mass is 9.67. The van der Waals surface area contributed by atoms with Crippen LogP contribution in [0.1, 0.15) is 34.4 Å². The van der Waals surface area contributed by atoms with Gasteiger partial charge in [-0.1, -0.05) is 72.8 Å². The highest BCUT2D eigenvalue weighted by Gasteiger charge is 2.40. The summed E-state index contributed by atoms with van der Waals surface area (Å²) in [5.74, 6) is 1.55. The molecule has 4 aliphatic rings. The molecule has 1 atom stereocenters. The average Bonchev–Trinajstić information content (AvgIpc) is 3.52. The highest BCUT2D eigenvalue weighted by Crippen LogP contribution is 2.45. The van der Waals surface area contributed by atoms with Gasteiger partial charge in [0.05, 0.1) is 11.5 Å². The molecule has 0 fully saturated rings. The summed E-state index contributed by atoms with van der Waals surface area (Å²) in [7, 11) is 0. The first-order chi connectivity index (χ1) is 18.2. The second-order valence-electron chi connectivity index (χ2n) is 10.2. The molecular formula is C34H23FO2. The van der Waals surface area contributed by atoms with E-state index in [1.165, 1.54) is 21.9 Å². The van der Waals surface area contributed by atoms with Crippen molar-refractivity contribution in [1.29, 1.82) is 0 Å². The van der Waals surface area contributed by atoms with E-state index in [-0.39, 0.29) is 5.82 Å². The van der Waals surface area contributed by atoms with Crippen LogP contribution in [0.3, 0.4) is 0 Å². The van der Waals surface area contributed by atoms with Gasteiger partial charge in [-0.3, -0.25) is 0 Å². The first-order valence-electron chi connectivity index (χ1n) is 12.8. The molecule has 4 aromatic rings. The van der Waals surface area contributed by atoms with E-state index in [0.717, 1.165) is 51.7 Å². The Morgan fingerprint density at radius 1 is 0.892 bits per heavy atom. The lowest BCUT2D eigenvalue weighted by Gasteiger charge is -2.34. The van der Waals surface area contributed by atoms with Crippen LogP contribution in [0, 0.1) is 5.82 Å². The van der Waals surface area contributed by atoms with E-state index in [0.29, 0.717) is 12.0 Å². The SMILES string of the molecule is Fc1ccccc1C1(c2ccccc2)C=Cc2oc3c4c(c5c(c3c2C1)=C1CC=CC=C1C5)OC=CC=4. The monoisotopic (exact) mass is 482 g/mol. The van der Waals surface area contributed by atoms with Gasteiger partial charge in [0.25, 0.3) is 0 Å². The molecule has 0 N–H and O–H groups in total. The van der Waals surface area contributed by atoms with Crippen LogP contribution in [0.25, 0.3) is 28.7 Å². The fraction of sp³-hybridized carbons (Fsp3) is 0.118.